The Labute approximate surface area is 139 Å². The maximum atomic E-state index is 12.8. The first-order chi connectivity index (χ1) is 11.5. The lowest BCUT2D eigenvalue weighted by atomic mass is 10.1. The average molecular weight is 324 g/mol. The molecule has 1 unspecified atom stereocenters. The van der Waals surface area contributed by atoms with Crippen LogP contribution in [-0.4, -0.2) is 30.1 Å². The van der Waals surface area contributed by atoms with Gasteiger partial charge in [0.15, 0.2) is 5.65 Å². The van der Waals surface area contributed by atoms with Crippen LogP contribution in [0.3, 0.4) is 0 Å². The van der Waals surface area contributed by atoms with E-state index in [9.17, 15) is 4.79 Å². The van der Waals surface area contributed by atoms with E-state index in [1.165, 1.54) is 0 Å². The zero-order valence-electron chi connectivity index (χ0n) is 14.0. The molecule has 0 spiro atoms. The lowest BCUT2D eigenvalue weighted by Crippen LogP contribution is -2.32. The van der Waals surface area contributed by atoms with E-state index in [0.717, 1.165) is 30.1 Å². The molecule has 0 bridgehead atoms. The van der Waals surface area contributed by atoms with Gasteiger partial charge in [0.1, 0.15) is 11.5 Å². The number of carbonyl (C=O) groups excluding carboxylic acids is 1. The molecule has 3 aromatic rings. The van der Waals surface area contributed by atoms with Gasteiger partial charge in [0.05, 0.1) is 11.7 Å². The maximum Gasteiger partial charge on any atom is 0.270 e. The molecule has 24 heavy (non-hydrogen) atoms. The fourth-order valence-corrected chi connectivity index (χ4v) is 3.07. The molecular weight excluding hydrogens is 304 g/mol. The third kappa shape index (κ3) is 2.55. The number of rotatable bonds is 4. The van der Waals surface area contributed by atoms with Gasteiger partial charge in [-0.2, -0.15) is 5.10 Å². The number of nitrogens with zero attached hydrogens (tertiary/aromatic N) is 5. The van der Waals surface area contributed by atoms with E-state index in [0.29, 0.717) is 17.3 Å². The van der Waals surface area contributed by atoms with Crippen LogP contribution in [-0.2, 0) is 7.05 Å². The Morgan fingerprint density at radius 1 is 1.33 bits per heavy atom. The third-order valence-electron chi connectivity index (χ3n) is 4.48. The highest BCUT2D eigenvalue weighted by Crippen LogP contribution is 2.40. The van der Waals surface area contributed by atoms with E-state index < -0.39 is 0 Å². The molecule has 0 aromatic carbocycles. The third-order valence-corrected chi connectivity index (χ3v) is 4.48. The van der Waals surface area contributed by atoms with Gasteiger partial charge < -0.3 is 9.88 Å². The topological polar surface area (TPSA) is 77.1 Å². The summed E-state index contributed by atoms with van der Waals surface area (Å²) in [5, 5.41) is 7.50. The Hall–Kier alpha value is -2.70. The molecule has 3 aromatic heterocycles. The minimum Gasteiger partial charge on any atom is -0.340 e. The van der Waals surface area contributed by atoms with Crippen molar-refractivity contribution in [3.05, 3.63) is 47.4 Å². The van der Waals surface area contributed by atoms with E-state index in [-0.39, 0.29) is 11.9 Å². The minimum atomic E-state index is -0.167. The molecule has 1 N–H and O–H groups in total. The molecule has 1 amide bonds. The summed E-state index contributed by atoms with van der Waals surface area (Å²) in [6.45, 7) is 3.84. The van der Waals surface area contributed by atoms with Gasteiger partial charge in [-0.3, -0.25) is 4.79 Å². The van der Waals surface area contributed by atoms with Crippen LogP contribution in [0.2, 0.25) is 0 Å². The number of imidazole rings is 1. The van der Waals surface area contributed by atoms with Crippen LogP contribution in [0.1, 0.15) is 46.6 Å². The molecule has 7 heteroatoms. The summed E-state index contributed by atoms with van der Waals surface area (Å²) in [4.78, 5) is 21.6. The van der Waals surface area contributed by atoms with Gasteiger partial charge in [-0.15, -0.1) is 0 Å². The molecule has 0 aliphatic heterocycles. The second-order valence-corrected chi connectivity index (χ2v) is 6.52. The Morgan fingerprint density at radius 2 is 2.12 bits per heavy atom. The van der Waals surface area contributed by atoms with E-state index >= 15 is 0 Å². The van der Waals surface area contributed by atoms with E-state index in [2.05, 4.69) is 20.4 Å². The zero-order valence-corrected chi connectivity index (χ0v) is 14.0. The smallest absolute Gasteiger partial charge is 0.270 e. The number of aryl methyl sites for hydroxylation is 3. The maximum absolute atomic E-state index is 12.8. The van der Waals surface area contributed by atoms with Crippen LogP contribution >= 0.6 is 0 Å². The van der Waals surface area contributed by atoms with Crippen molar-refractivity contribution in [3.8, 4) is 0 Å². The van der Waals surface area contributed by atoms with Crippen molar-refractivity contribution in [2.24, 2.45) is 13.0 Å². The molecular formula is C17H20N6O. The normalized spacial score (nSPS) is 15.6. The fourth-order valence-electron chi connectivity index (χ4n) is 3.07. The van der Waals surface area contributed by atoms with Gasteiger partial charge in [0, 0.05) is 31.2 Å². The van der Waals surface area contributed by atoms with Crippen LogP contribution in [0.4, 0.5) is 0 Å². The lowest BCUT2D eigenvalue weighted by Gasteiger charge is -2.18. The molecule has 1 saturated carbocycles. The first-order valence-electron chi connectivity index (χ1n) is 8.15. The molecule has 124 valence electrons. The van der Waals surface area contributed by atoms with Gasteiger partial charge in [-0.25, -0.2) is 14.5 Å². The first kappa shape index (κ1) is 14.9. The number of hydrogen-bond acceptors (Lipinski definition) is 4. The van der Waals surface area contributed by atoms with Crippen molar-refractivity contribution in [1.29, 1.82) is 0 Å². The summed E-state index contributed by atoms with van der Waals surface area (Å²) in [5.41, 5.74) is 2.88. The summed E-state index contributed by atoms with van der Waals surface area (Å²) in [7, 11) is 1.95. The van der Waals surface area contributed by atoms with Crippen LogP contribution in [0.25, 0.3) is 5.65 Å². The monoisotopic (exact) mass is 324 g/mol. The van der Waals surface area contributed by atoms with Crippen molar-refractivity contribution in [3.63, 3.8) is 0 Å². The molecule has 1 aliphatic rings. The number of amides is 1. The number of hydrogen-bond donors (Lipinski definition) is 1. The molecule has 1 atom stereocenters. The molecule has 4 rings (SSSR count). The molecule has 0 saturated heterocycles. The fraction of sp³-hybridized carbons (Fsp3) is 0.412. The Morgan fingerprint density at radius 3 is 2.79 bits per heavy atom. The van der Waals surface area contributed by atoms with Gasteiger partial charge >= 0.3 is 0 Å². The summed E-state index contributed by atoms with van der Waals surface area (Å²) in [5.74, 6) is 1.18. The summed E-state index contributed by atoms with van der Waals surface area (Å²) in [6, 6.07) is 3.58. The number of nitrogens with one attached hydrogen (secondary N) is 1. The van der Waals surface area contributed by atoms with E-state index in [4.69, 9.17) is 0 Å². The zero-order chi connectivity index (χ0) is 16.8. The Bertz CT molecular complexity index is 920. The standard InChI is InChI=1S/C17H20N6O/c1-10-8-14-19-13(9-11(2)23(14)21-10)17(24)20-15(12-4-5-12)16-18-6-7-22(16)3/h6-9,12,15H,4-5H2,1-3H3,(H,20,24). The molecule has 3 heterocycles. The van der Waals surface area contributed by atoms with Crippen molar-refractivity contribution >= 4 is 11.6 Å². The highest BCUT2D eigenvalue weighted by atomic mass is 16.2. The average Bonchev–Trinajstić information content (AvgIpc) is 3.18. The van der Waals surface area contributed by atoms with Gasteiger partial charge in [0.25, 0.3) is 5.91 Å². The molecule has 0 radical (unpaired) electrons. The largest absolute Gasteiger partial charge is 0.340 e. The highest BCUT2D eigenvalue weighted by molar-refractivity contribution is 5.93. The molecule has 7 nitrogen and oxygen atoms in total. The van der Waals surface area contributed by atoms with Crippen molar-refractivity contribution in [2.45, 2.75) is 32.7 Å². The second kappa shape index (κ2) is 5.43. The van der Waals surface area contributed by atoms with Crippen LogP contribution in [0.5, 0.6) is 0 Å². The van der Waals surface area contributed by atoms with Gasteiger partial charge in [0.2, 0.25) is 0 Å². The number of aromatic nitrogens is 5. The Kier molecular flexibility index (Phi) is 3.37. The summed E-state index contributed by atoms with van der Waals surface area (Å²) in [6.07, 6.45) is 5.90. The quantitative estimate of drug-likeness (QED) is 0.796. The van der Waals surface area contributed by atoms with Crippen molar-refractivity contribution in [2.75, 3.05) is 0 Å². The van der Waals surface area contributed by atoms with E-state index in [1.807, 2.05) is 37.7 Å². The number of fused-ring (bicyclic) bond motifs is 1. The van der Waals surface area contributed by atoms with Crippen LogP contribution < -0.4 is 5.32 Å². The highest BCUT2D eigenvalue weighted by Gasteiger charge is 2.36. The SMILES string of the molecule is Cc1cc2nc(C(=O)NC(c3nccn3C)C3CC3)cc(C)n2n1. The minimum absolute atomic E-state index is 0.0671. The molecule has 1 aliphatic carbocycles. The van der Waals surface area contributed by atoms with Crippen molar-refractivity contribution in [1.82, 2.24) is 29.5 Å². The van der Waals surface area contributed by atoms with E-state index in [1.54, 1.807) is 16.8 Å². The first-order valence-corrected chi connectivity index (χ1v) is 8.15. The molecule has 1 fully saturated rings. The van der Waals surface area contributed by atoms with Crippen molar-refractivity contribution < 1.29 is 4.79 Å². The second-order valence-electron chi connectivity index (χ2n) is 6.52. The number of carbonyl (C=O) groups is 1. The van der Waals surface area contributed by atoms with Crippen LogP contribution in [0, 0.1) is 19.8 Å². The van der Waals surface area contributed by atoms with Crippen LogP contribution in [0.15, 0.2) is 24.5 Å². The summed E-state index contributed by atoms with van der Waals surface area (Å²) >= 11 is 0. The lowest BCUT2D eigenvalue weighted by molar-refractivity contribution is 0.0924. The predicted molar refractivity (Wildman–Crippen MR) is 88.6 cm³/mol. The summed E-state index contributed by atoms with van der Waals surface area (Å²) < 4.78 is 3.72. The van der Waals surface area contributed by atoms with Gasteiger partial charge in [-0.05, 0) is 38.7 Å². The van der Waals surface area contributed by atoms with Gasteiger partial charge in [-0.1, -0.05) is 0 Å². The Balaban J connectivity index is 1.64. The predicted octanol–water partition coefficient (Wildman–Crippen LogP) is 1.96.